The summed E-state index contributed by atoms with van der Waals surface area (Å²) >= 11 is 1.71. The fourth-order valence-corrected chi connectivity index (χ4v) is 3.98. The molecule has 0 bridgehead atoms. The number of aliphatic imine (C=N–C) groups is 1. The number of guanidine groups is 1. The Morgan fingerprint density at radius 3 is 2.66 bits per heavy atom. The molecule has 1 aliphatic rings. The summed E-state index contributed by atoms with van der Waals surface area (Å²) in [5.41, 5.74) is 1.33. The second-order valence-electron chi connectivity index (χ2n) is 7.00. The van der Waals surface area contributed by atoms with Crippen molar-refractivity contribution in [2.24, 2.45) is 4.99 Å². The number of hydrogen-bond acceptors (Lipinski definition) is 6. The first-order chi connectivity index (χ1) is 14.2. The molecule has 0 aliphatic carbocycles. The van der Waals surface area contributed by atoms with Gasteiger partial charge < -0.3 is 20.4 Å². The maximum absolute atomic E-state index is 12.5. The third kappa shape index (κ3) is 6.15. The minimum atomic E-state index is 0.160. The number of nitrogens with zero attached hydrogens (tertiary/aromatic N) is 5. The van der Waals surface area contributed by atoms with Gasteiger partial charge in [0.25, 0.3) is 0 Å². The summed E-state index contributed by atoms with van der Waals surface area (Å²) in [4.78, 5) is 29.3. The van der Waals surface area contributed by atoms with Gasteiger partial charge in [-0.2, -0.15) is 11.3 Å². The van der Waals surface area contributed by atoms with Crippen LogP contribution in [0.4, 0.5) is 5.95 Å². The number of hydrogen-bond donors (Lipinski definition) is 2. The number of carbonyl (C=O) groups excluding carboxylic acids is 1. The van der Waals surface area contributed by atoms with Gasteiger partial charge in [0.2, 0.25) is 11.9 Å². The molecule has 2 aromatic rings. The molecule has 2 N–H and O–H groups in total. The standard InChI is InChI=1S/C20H29N7OS/c1-16(17-5-13-29-15-17)14-25-19(21-2)22-8-4-18(28)26-9-11-27(12-10-26)20-23-6-3-7-24-20/h3,5-7,13,15-16H,4,8-12,14H2,1-2H3,(H2,21,22,25). The first-order valence-corrected chi connectivity index (χ1v) is 10.9. The van der Waals surface area contributed by atoms with Crippen LogP contribution in [0.3, 0.4) is 0 Å². The predicted octanol–water partition coefficient (Wildman–Crippen LogP) is 1.55. The third-order valence-corrected chi connectivity index (χ3v) is 5.71. The lowest BCUT2D eigenvalue weighted by Gasteiger charge is -2.34. The monoisotopic (exact) mass is 415 g/mol. The van der Waals surface area contributed by atoms with Crippen LogP contribution in [0.5, 0.6) is 0 Å². The minimum absolute atomic E-state index is 0.160. The molecule has 0 saturated carbocycles. The maximum atomic E-state index is 12.5. The lowest BCUT2D eigenvalue weighted by molar-refractivity contribution is -0.131. The zero-order valence-corrected chi connectivity index (χ0v) is 17.9. The van der Waals surface area contributed by atoms with Crippen LogP contribution in [0.1, 0.15) is 24.8 Å². The Balaban J connectivity index is 1.35. The number of rotatable bonds is 7. The second kappa shape index (κ2) is 10.8. The van der Waals surface area contributed by atoms with E-state index in [0.717, 1.165) is 31.5 Å². The number of anilines is 1. The van der Waals surface area contributed by atoms with E-state index in [1.54, 1.807) is 30.8 Å². The molecule has 156 valence electrons. The van der Waals surface area contributed by atoms with Crippen LogP contribution < -0.4 is 15.5 Å². The molecule has 29 heavy (non-hydrogen) atoms. The van der Waals surface area contributed by atoms with Crippen molar-refractivity contribution < 1.29 is 4.79 Å². The van der Waals surface area contributed by atoms with E-state index >= 15 is 0 Å². The van der Waals surface area contributed by atoms with Crippen LogP contribution in [-0.2, 0) is 4.79 Å². The van der Waals surface area contributed by atoms with Gasteiger partial charge in [0.05, 0.1) is 0 Å². The number of thiophene rings is 1. The Hall–Kier alpha value is -2.68. The van der Waals surface area contributed by atoms with Gasteiger partial charge in [-0.25, -0.2) is 9.97 Å². The van der Waals surface area contributed by atoms with E-state index in [1.807, 2.05) is 11.0 Å². The molecular formula is C20H29N7OS. The Bertz CT molecular complexity index is 773. The summed E-state index contributed by atoms with van der Waals surface area (Å²) < 4.78 is 0. The number of nitrogens with one attached hydrogen (secondary N) is 2. The predicted molar refractivity (Wildman–Crippen MR) is 118 cm³/mol. The highest BCUT2D eigenvalue weighted by Crippen LogP contribution is 2.17. The molecule has 3 rings (SSSR count). The molecular weight excluding hydrogens is 386 g/mol. The highest BCUT2D eigenvalue weighted by atomic mass is 32.1. The fraction of sp³-hybridized carbons (Fsp3) is 0.500. The topological polar surface area (TPSA) is 85.8 Å². The van der Waals surface area contributed by atoms with E-state index in [0.29, 0.717) is 32.0 Å². The van der Waals surface area contributed by atoms with E-state index < -0.39 is 0 Å². The molecule has 0 aromatic carbocycles. The van der Waals surface area contributed by atoms with Crippen molar-refractivity contribution in [3.8, 4) is 0 Å². The van der Waals surface area contributed by atoms with Gasteiger partial charge in [-0.15, -0.1) is 0 Å². The zero-order valence-electron chi connectivity index (χ0n) is 17.0. The van der Waals surface area contributed by atoms with Crippen molar-refractivity contribution >= 4 is 29.2 Å². The average molecular weight is 416 g/mol. The number of amides is 1. The van der Waals surface area contributed by atoms with Gasteiger partial charge in [0, 0.05) is 65.1 Å². The quantitative estimate of drug-likeness (QED) is 0.527. The van der Waals surface area contributed by atoms with E-state index in [2.05, 4.69) is 54.2 Å². The fourth-order valence-electron chi connectivity index (χ4n) is 3.20. The van der Waals surface area contributed by atoms with Crippen molar-refractivity contribution in [2.45, 2.75) is 19.3 Å². The Morgan fingerprint density at radius 2 is 2.00 bits per heavy atom. The van der Waals surface area contributed by atoms with Crippen LogP contribution in [-0.4, -0.2) is 73.1 Å². The summed E-state index contributed by atoms with van der Waals surface area (Å²) in [7, 11) is 1.75. The summed E-state index contributed by atoms with van der Waals surface area (Å²) in [5, 5.41) is 10.8. The molecule has 1 aliphatic heterocycles. The van der Waals surface area contributed by atoms with Crippen LogP contribution >= 0.6 is 11.3 Å². The highest BCUT2D eigenvalue weighted by Gasteiger charge is 2.22. The van der Waals surface area contributed by atoms with Gasteiger partial charge in [0.1, 0.15) is 0 Å². The number of aromatic nitrogens is 2. The number of piperazine rings is 1. The van der Waals surface area contributed by atoms with Gasteiger partial charge in [-0.1, -0.05) is 6.92 Å². The molecule has 1 unspecified atom stereocenters. The van der Waals surface area contributed by atoms with Crippen molar-refractivity contribution in [1.29, 1.82) is 0 Å². The average Bonchev–Trinajstić information content (AvgIpc) is 3.31. The first-order valence-electron chi connectivity index (χ1n) is 9.93. The third-order valence-electron chi connectivity index (χ3n) is 5.01. The van der Waals surface area contributed by atoms with Crippen molar-refractivity contribution in [3.63, 3.8) is 0 Å². The molecule has 9 heteroatoms. The Morgan fingerprint density at radius 1 is 1.24 bits per heavy atom. The SMILES string of the molecule is CN=C(NCCC(=O)N1CCN(c2ncccn2)CC1)NCC(C)c1ccsc1. The van der Waals surface area contributed by atoms with Crippen LogP contribution in [0.25, 0.3) is 0 Å². The summed E-state index contributed by atoms with van der Waals surface area (Å²) in [6.07, 6.45) is 3.93. The van der Waals surface area contributed by atoms with Gasteiger partial charge in [-0.3, -0.25) is 9.79 Å². The first kappa shape index (κ1) is 21.0. The highest BCUT2D eigenvalue weighted by molar-refractivity contribution is 7.07. The summed E-state index contributed by atoms with van der Waals surface area (Å²) in [6, 6.07) is 3.96. The lowest BCUT2D eigenvalue weighted by Crippen LogP contribution is -2.50. The van der Waals surface area contributed by atoms with Crippen LogP contribution in [0.15, 0.2) is 40.3 Å². The van der Waals surface area contributed by atoms with Crippen molar-refractivity contribution in [2.75, 3.05) is 51.2 Å². The van der Waals surface area contributed by atoms with Gasteiger partial charge >= 0.3 is 0 Å². The van der Waals surface area contributed by atoms with Crippen molar-refractivity contribution in [1.82, 2.24) is 25.5 Å². The molecule has 8 nitrogen and oxygen atoms in total. The van der Waals surface area contributed by atoms with E-state index in [9.17, 15) is 4.79 Å². The summed E-state index contributed by atoms with van der Waals surface area (Å²) in [5.74, 6) is 2.03. The molecule has 3 heterocycles. The Labute approximate surface area is 176 Å². The molecule has 0 radical (unpaired) electrons. The summed E-state index contributed by atoms with van der Waals surface area (Å²) in [6.45, 7) is 6.46. The van der Waals surface area contributed by atoms with Gasteiger partial charge in [-0.05, 0) is 34.4 Å². The number of carbonyl (C=O) groups is 1. The van der Waals surface area contributed by atoms with E-state index in [4.69, 9.17) is 0 Å². The molecule has 1 atom stereocenters. The molecule has 1 fully saturated rings. The van der Waals surface area contributed by atoms with Gasteiger partial charge in [0.15, 0.2) is 5.96 Å². The van der Waals surface area contributed by atoms with E-state index in [-0.39, 0.29) is 5.91 Å². The minimum Gasteiger partial charge on any atom is -0.356 e. The zero-order chi connectivity index (χ0) is 20.5. The second-order valence-corrected chi connectivity index (χ2v) is 7.78. The van der Waals surface area contributed by atoms with Crippen LogP contribution in [0, 0.1) is 0 Å². The molecule has 0 spiro atoms. The smallest absolute Gasteiger partial charge is 0.225 e. The molecule has 1 amide bonds. The molecule has 1 saturated heterocycles. The lowest BCUT2D eigenvalue weighted by atomic mass is 10.1. The van der Waals surface area contributed by atoms with E-state index in [1.165, 1.54) is 5.56 Å². The van der Waals surface area contributed by atoms with Crippen LogP contribution in [0.2, 0.25) is 0 Å². The normalized spacial score (nSPS) is 15.9. The van der Waals surface area contributed by atoms with Crippen molar-refractivity contribution in [3.05, 3.63) is 40.8 Å². The largest absolute Gasteiger partial charge is 0.356 e. The Kier molecular flexibility index (Phi) is 7.80. The molecule has 2 aromatic heterocycles. The maximum Gasteiger partial charge on any atom is 0.225 e.